The minimum Gasteiger partial charge on any atom is -0.385 e. The molecule has 0 fully saturated rings. The molecule has 0 amide bonds. The summed E-state index contributed by atoms with van der Waals surface area (Å²) in [5.41, 5.74) is 1.44. The van der Waals surface area contributed by atoms with Crippen molar-refractivity contribution >= 4 is 0 Å². The van der Waals surface area contributed by atoms with Crippen LogP contribution in [0.3, 0.4) is 0 Å². The molecule has 0 bridgehead atoms. The molecule has 20 heavy (non-hydrogen) atoms. The Labute approximate surface area is 120 Å². The van der Waals surface area contributed by atoms with Crippen molar-refractivity contribution in [2.45, 2.75) is 18.6 Å². The van der Waals surface area contributed by atoms with Crippen LogP contribution in [-0.2, 0) is 0 Å². The first-order chi connectivity index (χ1) is 9.62. The summed E-state index contributed by atoms with van der Waals surface area (Å²) in [6.45, 7) is 5.87. The van der Waals surface area contributed by atoms with Crippen LogP contribution in [0.1, 0.15) is 24.1 Å². The zero-order valence-electron chi connectivity index (χ0n) is 11.8. The summed E-state index contributed by atoms with van der Waals surface area (Å²) in [5.74, 6) is 0. The Kier molecular flexibility index (Phi) is 4.72. The van der Waals surface area contributed by atoms with Crippen molar-refractivity contribution in [3.8, 4) is 0 Å². The Balaban J connectivity index is 2.24. The summed E-state index contributed by atoms with van der Waals surface area (Å²) in [7, 11) is 0. The molecule has 0 heterocycles. The summed E-state index contributed by atoms with van der Waals surface area (Å²) in [5, 5.41) is 13.5. The maximum atomic E-state index is 10.1. The molecule has 104 valence electrons. The fraction of sp³-hybridized carbons (Fsp3) is 0.222. The molecule has 0 radical (unpaired) electrons. The van der Waals surface area contributed by atoms with Crippen LogP contribution in [-0.4, -0.2) is 17.3 Å². The van der Waals surface area contributed by atoms with E-state index in [4.69, 9.17) is 0 Å². The lowest BCUT2D eigenvalue weighted by Crippen LogP contribution is -2.38. The van der Waals surface area contributed by atoms with E-state index in [2.05, 4.69) is 36.2 Å². The topological polar surface area (TPSA) is 32.3 Å². The fourth-order valence-corrected chi connectivity index (χ4v) is 2.10. The van der Waals surface area contributed by atoms with E-state index >= 15 is 0 Å². The van der Waals surface area contributed by atoms with Crippen molar-refractivity contribution in [2.75, 3.05) is 6.54 Å². The molecule has 2 nitrogen and oxygen atoms in total. The van der Waals surface area contributed by atoms with Gasteiger partial charge in [0.25, 0.3) is 0 Å². The van der Waals surface area contributed by atoms with Gasteiger partial charge in [0.05, 0.1) is 11.6 Å². The molecule has 0 aromatic heterocycles. The fourth-order valence-electron chi connectivity index (χ4n) is 2.10. The maximum absolute atomic E-state index is 10.1. The third-order valence-electron chi connectivity index (χ3n) is 3.37. The van der Waals surface area contributed by atoms with Crippen molar-refractivity contribution in [3.05, 3.63) is 84.4 Å². The van der Waals surface area contributed by atoms with Gasteiger partial charge in [0.1, 0.15) is 0 Å². The lowest BCUT2D eigenvalue weighted by Gasteiger charge is -2.25. The highest BCUT2D eigenvalue weighted by Gasteiger charge is 2.19. The lowest BCUT2D eigenvalue weighted by atomic mass is 9.97. The van der Waals surface area contributed by atoms with Crippen molar-refractivity contribution in [1.82, 2.24) is 5.32 Å². The van der Waals surface area contributed by atoms with Crippen molar-refractivity contribution in [2.24, 2.45) is 0 Å². The Morgan fingerprint density at radius 1 is 1.05 bits per heavy atom. The molecule has 0 saturated carbocycles. The number of rotatable bonds is 6. The zero-order chi connectivity index (χ0) is 14.4. The second-order valence-electron chi connectivity index (χ2n) is 5.20. The number of benzene rings is 2. The Bertz CT molecular complexity index is 494. The van der Waals surface area contributed by atoms with Crippen LogP contribution in [0, 0.1) is 0 Å². The Hall–Kier alpha value is -1.90. The van der Waals surface area contributed by atoms with Gasteiger partial charge in [-0.05, 0) is 18.1 Å². The zero-order valence-corrected chi connectivity index (χ0v) is 11.8. The number of nitrogens with one attached hydrogen (secondary N) is 1. The average molecular weight is 267 g/mol. The molecule has 1 atom stereocenters. The summed E-state index contributed by atoms with van der Waals surface area (Å²) >= 11 is 0. The molecule has 2 rings (SSSR count). The van der Waals surface area contributed by atoms with Crippen LogP contribution in [0.2, 0.25) is 0 Å². The van der Waals surface area contributed by atoms with Gasteiger partial charge in [0.15, 0.2) is 0 Å². The van der Waals surface area contributed by atoms with Crippen molar-refractivity contribution in [3.63, 3.8) is 0 Å². The van der Waals surface area contributed by atoms with Gasteiger partial charge in [-0.3, -0.25) is 0 Å². The second kappa shape index (κ2) is 6.51. The summed E-state index contributed by atoms with van der Waals surface area (Å²) in [6, 6.07) is 20.5. The van der Waals surface area contributed by atoms with E-state index in [1.807, 2.05) is 36.4 Å². The van der Waals surface area contributed by atoms with Crippen LogP contribution in [0.15, 0.2) is 73.3 Å². The molecular weight excluding hydrogens is 246 g/mol. The lowest BCUT2D eigenvalue weighted by molar-refractivity contribution is 0.108. The highest BCUT2D eigenvalue weighted by atomic mass is 16.3. The minimum absolute atomic E-state index is 0.0591. The highest BCUT2D eigenvalue weighted by molar-refractivity contribution is 5.31. The van der Waals surface area contributed by atoms with E-state index in [1.165, 1.54) is 11.1 Å². The molecule has 0 aliphatic heterocycles. The monoisotopic (exact) mass is 267 g/mol. The predicted octanol–water partition coefficient (Wildman–Crippen LogP) is 3.30. The number of hydrogen-bond donors (Lipinski definition) is 2. The van der Waals surface area contributed by atoms with Crippen molar-refractivity contribution in [1.29, 1.82) is 0 Å². The molecule has 0 aliphatic rings. The molecule has 0 saturated heterocycles. The van der Waals surface area contributed by atoms with Crippen LogP contribution in [0.4, 0.5) is 0 Å². The van der Waals surface area contributed by atoms with E-state index in [1.54, 1.807) is 13.0 Å². The normalized spacial score (nSPS) is 13.9. The Morgan fingerprint density at radius 3 is 1.90 bits per heavy atom. The van der Waals surface area contributed by atoms with Crippen molar-refractivity contribution < 1.29 is 5.11 Å². The van der Waals surface area contributed by atoms with E-state index in [0.717, 1.165) is 0 Å². The number of aliphatic hydroxyl groups is 1. The van der Waals surface area contributed by atoms with Gasteiger partial charge in [0, 0.05) is 6.54 Å². The molecule has 2 heteroatoms. The SMILES string of the molecule is C=CC(C)(O)CNC(c1ccccc1)c1ccccc1. The molecule has 1 unspecified atom stereocenters. The third-order valence-corrected chi connectivity index (χ3v) is 3.37. The van der Waals surface area contributed by atoms with Gasteiger partial charge in [-0.1, -0.05) is 66.7 Å². The first-order valence-corrected chi connectivity index (χ1v) is 6.82. The molecule has 0 aliphatic carbocycles. The first kappa shape index (κ1) is 14.5. The smallest absolute Gasteiger partial charge is 0.0921 e. The molecule has 2 N–H and O–H groups in total. The van der Waals surface area contributed by atoms with Crippen LogP contribution in [0.25, 0.3) is 0 Å². The second-order valence-corrected chi connectivity index (χ2v) is 5.20. The predicted molar refractivity (Wildman–Crippen MR) is 83.6 cm³/mol. The van der Waals surface area contributed by atoms with E-state index in [9.17, 15) is 5.11 Å². The molecule has 0 spiro atoms. The summed E-state index contributed by atoms with van der Waals surface area (Å²) in [6.07, 6.45) is 1.56. The summed E-state index contributed by atoms with van der Waals surface area (Å²) < 4.78 is 0. The number of hydrogen-bond acceptors (Lipinski definition) is 2. The van der Waals surface area contributed by atoms with Crippen LogP contribution in [0.5, 0.6) is 0 Å². The van der Waals surface area contributed by atoms with Gasteiger partial charge in [-0.25, -0.2) is 0 Å². The van der Waals surface area contributed by atoms with E-state index in [-0.39, 0.29) is 6.04 Å². The highest BCUT2D eigenvalue weighted by Crippen LogP contribution is 2.22. The average Bonchev–Trinajstić information content (AvgIpc) is 2.49. The van der Waals surface area contributed by atoms with Gasteiger partial charge in [-0.2, -0.15) is 0 Å². The van der Waals surface area contributed by atoms with Gasteiger partial charge in [0.2, 0.25) is 0 Å². The minimum atomic E-state index is -0.915. The first-order valence-electron chi connectivity index (χ1n) is 6.82. The summed E-state index contributed by atoms with van der Waals surface area (Å²) in [4.78, 5) is 0. The van der Waals surface area contributed by atoms with Crippen LogP contribution < -0.4 is 5.32 Å². The van der Waals surface area contributed by atoms with E-state index < -0.39 is 5.60 Å². The molecule has 2 aromatic rings. The quantitative estimate of drug-likeness (QED) is 0.787. The van der Waals surface area contributed by atoms with Crippen LogP contribution >= 0.6 is 0 Å². The molecular formula is C18H21NO. The largest absolute Gasteiger partial charge is 0.385 e. The van der Waals surface area contributed by atoms with E-state index in [0.29, 0.717) is 6.54 Å². The van der Waals surface area contributed by atoms with Gasteiger partial charge in [-0.15, -0.1) is 6.58 Å². The standard InChI is InChI=1S/C18H21NO/c1-3-18(2,20)14-19-17(15-10-6-4-7-11-15)16-12-8-5-9-13-16/h3-13,17,19-20H,1,14H2,2H3. The third kappa shape index (κ3) is 3.80. The van der Waals surface area contributed by atoms with Gasteiger partial charge >= 0.3 is 0 Å². The van der Waals surface area contributed by atoms with Gasteiger partial charge < -0.3 is 10.4 Å². The molecule has 2 aromatic carbocycles. The Morgan fingerprint density at radius 2 is 1.50 bits per heavy atom. The maximum Gasteiger partial charge on any atom is 0.0921 e.